The van der Waals surface area contributed by atoms with E-state index in [0.29, 0.717) is 0 Å². The zero-order chi connectivity index (χ0) is 11.8. The maximum Gasteiger partial charge on any atom is 0.119 e. The number of hydrogen-bond acceptors (Lipinski definition) is 4. The first-order valence-corrected chi connectivity index (χ1v) is 5.50. The van der Waals surface area contributed by atoms with E-state index < -0.39 is 0 Å². The first-order valence-electron chi connectivity index (χ1n) is 5.50. The van der Waals surface area contributed by atoms with E-state index in [1.807, 2.05) is 25.2 Å². The Morgan fingerprint density at radius 3 is 2.88 bits per heavy atom. The first kappa shape index (κ1) is 13.0. The van der Waals surface area contributed by atoms with Crippen LogP contribution in [0.15, 0.2) is 24.3 Å². The number of benzene rings is 1. The monoisotopic (exact) mass is 223 g/mol. The number of nitrogens with one attached hydrogen (secondary N) is 2. The van der Waals surface area contributed by atoms with Crippen LogP contribution in [0.5, 0.6) is 5.75 Å². The molecule has 0 aliphatic rings. The van der Waals surface area contributed by atoms with E-state index >= 15 is 0 Å². The number of hydrogen-bond donors (Lipinski definition) is 3. The van der Waals surface area contributed by atoms with Crippen LogP contribution in [0.1, 0.15) is 5.56 Å². The van der Waals surface area contributed by atoms with Gasteiger partial charge in [0.1, 0.15) is 5.75 Å². The van der Waals surface area contributed by atoms with Gasteiger partial charge in [-0.1, -0.05) is 12.1 Å². The Kier molecular flexibility index (Phi) is 5.85. The van der Waals surface area contributed by atoms with E-state index in [1.54, 1.807) is 7.11 Å². The molecule has 0 aliphatic heterocycles. The van der Waals surface area contributed by atoms with Gasteiger partial charge in [-0.25, -0.2) is 0 Å². The molecule has 4 heteroatoms. The number of methoxy groups -OCH3 is 1. The predicted molar refractivity (Wildman–Crippen MR) is 66.6 cm³/mol. The van der Waals surface area contributed by atoms with E-state index in [-0.39, 0.29) is 6.04 Å². The number of likely N-dealkylation sites (N-methyl/N-ethyl adjacent to an activating group) is 1. The molecule has 90 valence electrons. The zero-order valence-electron chi connectivity index (χ0n) is 9.99. The molecule has 0 radical (unpaired) electrons. The van der Waals surface area contributed by atoms with Crippen molar-refractivity contribution >= 4 is 0 Å². The van der Waals surface area contributed by atoms with Gasteiger partial charge >= 0.3 is 0 Å². The lowest BCUT2D eigenvalue weighted by Gasteiger charge is -2.12. The van der Waals surface area contributed by atoms with Crippen molar-refractivity contribution in [3.8, 4) is 5.75 Å². The minimum Gasteiger partial charge on any atom is -0.497 e. The fourth-order valence-corrected chi connectivity index (χ4v) is 1.52. The van der Waals surface area contributed by atoms with Crippen LogP contribution in [0.3, 0.4) is 0 Å². The van der Waals surface area contributed by atoms with Gasteiger partial charge in [-0.15, -0.1) is 0 Å². The molecular formula is C12H21N3O. The van der Waals surface area contributed by atoms with Crippen molar-refractivity contribution in [2.75, 3.05) is 27.2 Å². The minimum absolute atomic E-state index is 0.149. The summed E-state index contributed by atoms with van der Waals surface area (Å²) in [6, 6.07) is 8.17. The number of nitrogens with two attached hydrogens (primary N) is 1. The minimum atomic E-state index is 0.149. The Balaban J connectivity index is 2.31. The summed E-state index contributed by atoms with van der Waals surface area (Å²) >= 11 is 0. The highest BCUT2D eigenvalue weighted by Crippen LogP contribution is 2.11. The van der Waals surface area contributed by atoms with E-state index in [2.05, 4.69) is 16.7 Å². The molecule has 0 saturated carbocycles. The molecule has 0 aromatic heterocycles. The zero-order valence-corrected chi connectivity index (χ0v) is 9.99. The quantitative estimate of drug-likeness (QED) is 0.623. The van der Waals surface area contributed by atoms with Crippen molar-refractivity contribution in [3.05, 3.63) is 29.8 Å². The second-order valence-corrected chi connectivity index (χ2v) is 3.80. The fourth-order valence-electron chi connectivity index (χ4n) is 1.52. The summed E-state index contributed by atoms with van der Waals surface area (Å²) in [5.41, 5.74) is 7.06. The largest absolute Gasteiger partial charge is 0.497 e. The fraction of sp³-hybridized carbons (Fsp3) is 0.500. The molecule has 0 amide bonds. The summed E-state index contributed by atoms with van der Waals surface area (Å²) in [5, 5.41) is 6.37. The smallest absolute Gasteiger partial charge is 0.119 e. The molecule has 1 aromatic carbocycles. The van der Waals surface area contributed by atoms with Gasteiger partial charge in [0.2, 0.25) is 0 Å². The Bertz CT molecular complexity index is 304. The summed E-state index contributed by atoms with van der Waals surface area (Å²) in [5.74, 6) is 0.888. The Labute approximate surface area is 97.2 Å². The first-order chi connectivity index (χ1) is 7.76. The SMILES string of the molecule is CNCC(N)CNCc1cccc(OC)c1. The highest BCUT2D eigenvalue weighted by molar-refractivity contribution is 5.28. The average molecular weight is 223 g/mol. The van der Waals surface area contributed by atoms with Crippen molar-refractivity contribution in [1.29, 1.82) is 0 Å². The van der Waals surface area contributed by atoms with Gasteiger partial charge in [-0.3, -0.25) is 0 Å². The Morgan fingerprint density at radius 2 is 2.19 bits per heavy atom. The highest BCUT2D eigenvalue weighted by atomic mass is 16.5. The van der Waals surface area contributed by atoms with Crippen molar-refractivity contribution in [2.45, 2.75) is 12.6 Å². The summed E-state index contributed by atoms with van der Waals surface area (Å²) in [6.07, 6.45) is 0. The van der Waals surface area contributed by atoms with Crippen LogP contribution < -0.4 is 21.1 Å². The van der Waals surface area contributed by atoms with E-state index in [0.717, 1.165) is 25.4 Å². The van der Waals surface area contributed by atoms with Crippen LogP contribution in [-0.4, -0.2) is 33.3 Å². The molecule has 16 heavy (non-hydrogen) atoms. The van der Waals surface area contributed by atoms with Gasteiger partial charge in [0, 0.05) is 25.7 Å². The molecule has 0 aliphatic carbocycles. The standard InChI is InChI=1S/C12H21N3O/c1-14-8-11(13)9-15-7-10-4-3-5-12(6-10)16-2/h3-6,11,14-15H,7-9,13H2,1-2H3. The third kappa shape index (κ3) is 4.61. The third-order valence-corrected chi connectivity index (χ3v) is 2.34. The molecule has 0 bridgehead atoms. The van der Waals surface area contributed by atoms with Crippen molar-refractivity contribution < 1.29 is 4.74 Å². The summed E-state index contributed by atoms with van der Waals surface area (Å²) < 4.78 is 5.16. The normalized spacial score (nSPS) is 12.4. The second kappa shape index (κ2) is 7.22. The summed E-state index contributed by atoms with van der Waals surface area (Å²) in [6.45, 7) is 2.44. The molecular weight excluding hydrogens is 202 g/mol. The van der Waals surface area contributed by atoms with Crippen LogP contribution in [-0.2, 0) is 6.54 Å². The molecule has 1 unspecified atom stereocenters. The second-order valence-electron chi connectivity index (χ2n) is 3.80. The molecule has 1 aromatic rings. The van der Waals surface area contributed by atoms with E-state index in [1.165, 1.54) is 5.56 Å². The van der Waals surface area contributed by atoms with Crippen molar-refractivity contribution in [1.82, 2.24) is 10.6 Å². The molecule has 1 rings (SSSR count). The summed E-state index contributed by atoms with van der Waals surface area (Å²) in [7, 11) is 3.58. The molecule has 0 saturated heterocycles. The van der Waals surface area contributed by atoms with Crippen molar-refractivity contribution in [3.63, 3.8) is 0 Å². The van der Waals surface area contributed by atoms with E-state index in [9.17, 15) is 0 Å². The maximum absolute atomic E-state index is 5.85. The van der Waals surface area contributed by atoms with E-state index in [4.69, 9.17) is 10.5 Å². The highest BCUT2D eigenvalue weighted by Gasteiger charge is 2.00. The van der Waals surface area contributed by atoms with Crippen LogP contribution in [0.25, 0.3) is 0 Å². The van der Waals surface area contributed by atoms with Gasteiger partial charge in [-0.05, 0) is 24.7 Å². The molecule has 0 fully saturated rings. The van der Waals surface area contributed by atoms with Gasteiger partial charge in [-0.2, -0.15) is 0 Å². The van der Waals surface area contributed by atoms with Gasteiger partial charge < -0.3 is 21.1 Å². The lowest BCUT2D eigenvalue weighted by Crippen LogP contribution is -2.40. The molecule has 4 N–H and O–H groups in total. The van der Waals surface area contributed by atoms with Gasteiger partial charge in [0.15, 0.2) is 0 Å². The van der Waals surface area contributed by atoms with Gasteiger partial charge in [0.05, 0.1) is 7.11 Å². The third-order valence-electron chi connectivity index (χ3n) is 2.34. The Morgan fingerprint density at radius 1 is 1.38 bits per heavy atom. The van der Waals surface area contributed by atoms with Crippen LogP contribution in [0.2, 0.25) is 0 Å². The molecule has 1 atom stereocenters. The summed E-state index contributed by atoms with van der Waals surface area (Å²) in [4.78, 5) is 0. The number of rotatable bonds is 7. The maximum atomic E-state index is 5.85. The van der Waals surface area contributed by atoms with Crippen LogP contribution in [0, 0.1) is 0 Å². The molecule has 4 nitrogen and oxygen atoms in total. The average Bonchev–Trinajstić information content (AvgIpc) is 2.30. The Hall–Kier alpha value is -1.10. The van der Waals surface area contributed by atoms with Gasteiger partial charge in [0.25, 0.3) is 0 Å². The van der Waals surface area contributed by atoms with Crippen LogP contribution in [0.4, 0.5) is 0 Å². The van der Waals surface area contributed by atoms with Crippen molar-refractivity contribution in [2.24, 2.45) is 5.73 Å². The topological polar surface area (TPSA) is 59.3 Å². The lowest BCUT2D eigenvalue weighted by atomic mass is 10.2. The van der Waals surface area contributed by atoms with Crippen LogP contribution >= 0.6 is 0 Å². The predicted octanol–water partition coefficient (Wildman–Crippen LogP) is 0.332. The molecule has 0 spiro atoms. The lowest BCUT2D eigenvalue weighted by molar-refractivity contribution is 0.414. The molecule has 0 heterocycles. The number of ether oxygens (including phenoxy) is 1.